The molecule has 1 N–H and O–H groups in total. The van der Waals surface area contributed by atoms with Gasteiger partial charge in [0.1, 0.15) is 5.69 Å². The lowest BCUT2D eigenvalue weighted by Crippen LogP contribution is -2.35. The summed E-state index contributed by atoms with van der Waals surface area (Å²) in [7, 11) is 3.58. The second kappa shape index (κ2) is 6.15. The second-order valence-electron chi connectivity index (χ2n) is 6.20. The zero-order valence-electron chi connectivity index (χ0n) is 14.3. The van der Waals surface area contributed by atoms with E-state index in [4.69, 9.17) is 0 Å². The third-order valence-electron chi connectivity index (χ3n) is 4.81. The number of nitrogens with zero attached hydrogens (tertiary/aromatic N) is 7. The highest BCUT2D eigenvalue weighted by Crippen LogP contribution is 2.34. The van der Waals surface area contributed by atoms with Crippen LogP contribution in [0.1, 0.15) is 41.5 Å². The number of carbonyl (C=O) groups excluding carboxylic acids is 1. The van der Waals surface area contributed by atoms with Crippen molar-refractivity contribution in [2.45, 2.75) is 25.3 Å². The van der Waals surface area contributed by atoms with Gasteiger partial charge in [-0.05, 0) is 54.0 Å². The van der Waals surface area contributed by atoms with Gasteiger partial charge in [0.25, 0.3) is 5.91 Å². The van der Waals surface area contributed by atoms with Crippen LogP contribution in [-0.4, -0.2) is 49.3 Å². The number of nitrogens with one attached hydrogen (secondary N) is 1. The third-order valence-corrected chi connectivity index (χ3v) is 4.81. The van der Waals surface area contributed by atoms with Crippen molar-refractivity contribution in [2.75, 3.05) is 18.5 Å². The molecule has 1 aliphatic rings. The Bertz CT molecular complexity index is 914. The van der Waals surface area contributed by atoms with Gasteiger partial charge < -0.3 is 14.8 Å². The number of tetrazole rings is 1. The predicted molar refractivity (Wildman–Crippen MR) is 91.3 cm³/mol. The maximum atomic E-state index is 12.0. The lowest BCUT2D eigenvalue weighted by atomic mass is 9.99. The zero-order chi connectivity index (χ0) is 17.4. The van der Waals surface area contributed by atoms with Gasteiger partial charge in [-0.1, -0.05) is 0 Å². The van der Waals surface area contributed by atoms with Crippen molar-refractivity contribution in [2.24, 2.45) is 7.05 Å². The fourth-order valence-corrected chi connectivity index (χ4v) is 3.52. The summed E-state index contributed by atoms with van der Waals surface area (Å²) in [5.74, 6) is 0.761. The van der Waals surface area contributed by atoms with Gasteiger partial charge in [-0.2, -0.15) is 0 Å². The molecule has 130 valence electrons. The Morgan fingerprint density at radius 2 is 2.12 bits per heavy atom. The molecule has 4 rings (SSSR count). The van der Waals surface area contributed by atoms with Crippen molar-refractivity contribution < 1.29 is 4.79 Å². The standard InChI is InChI=1S/C16H20N8O/c1-17-16(25)13-7-6-11(22(13)2)12-5-3-4-10-23(12)15-9-8-14-18-20-21-24(14)19-15/h6-9,12H,3-5,10H2,1-2H3,(H,17,25)/t12-/m0/s1. The largest absolute Gasteiger partial charge is 0.354 e. The molecule has 0 aromatic carbocycles. The molecule has 9 nitrogen and oxygen atoms in total. The topological polar surface area (TPSA) is 93.2 Å². The minimum atomic E-state index is -0.0793. The number of fused-ring (bicyclic) bond motifs is 1. The number of amides is 1. The first-order chi connectivity index (χ1) is 12.2. The molecular weight excluding hydrogens is 320 g/mol. The molecule has 0 radical (unpaired) electrons. The molecule has 1 atom stereocenters. The molecule has 1 fully saturated rings. The summed E-state index contributed by atoms with van der Waals surface area (Å²) < 4.78 is 3.42. The van der Waals surface area contributed by atoms with Crippen LogP contribution in [-0.2, 0) is 7.05 Å². The van der Waals surface area contributed by atoms with Crippen molar-refractivity contribution in [1.29, 1.82) is 0 Å². The minimum Gasteiger partial charge on any atom is -0.354 e. The number of carbonyl (C=O) groups is 1. The average molecular weight is 340 g/mol. The van der Waals surface area contributed by atoms with E-state index in [1.54, 1.807) is 7.05 Å². The third kappa shape index (κ3) is 2.61. The van der Waals surface area contributed by atoms with E-state index in [1.165, 1.54) is 4.63 Å². The Balaban J connectivity index is 1.72. The molecule has 4 heterocycles. The maximum absolute atomic E-state index is 12.0. The molecule has 1 saturated heterocycles. The number of hydrogen-bond acceptors (Lipinski definition) is 6. The first-order valence-electron chi connectivity index (χ1n) is 8.39. The summed E-state index contributed by atoms with van der Waals surface area (Å²) in [6.45, 7) is 0.909. The van der Waals surface area contributed by atoms with Crippen LogP contribution >= 0.6 is 0 Å². The Kier molecular flexibility index (Phi) is 3.83. The van der Waals surface area contributed by atoms with E-state index >= 15 is 0 Å². The van der Waals surface area contributed by atoms with Gasteiger partial charge in [0.05, 0.1) is 6.04 Å². The van der Waals surface area contributed by atoms with Crippen molar-refractivity contribution in [3.63, 3.8) is 0 Å². The molecule has 3 aromatic heterocycles. The smallest absolute Gasteiger partial charge is 0.267 e. The van der Waals surface area contributed by atoms with E-state index < -0.39 is 0 Å². The fraction of sp³-hybridized carbons (Fsp3) is 0.438. The molecule has 0 unspecified atom stereocenters. The van der Waals surface area contributed by atoms with Crippen LogP contribution in [0.25, 0.3) is 5.65 Å². The summed E-state index contributed by atoms with van der Waals surface area (Å²) in [6.07, 6.45) is 3.27. The lowest BCUT2D eigenvalue weighted by molar-refractivity contribution is 0.0954. The molecule has 25 heavy (non-hydrogen) atoms. The van der Waals surface area contributed by atoms with Crippen molar-refractivity contribution >= 4 is 17.4 Å². The van der Waals surface area contributed by atoms with Crippen LogP contribution in [0.5, 0.6) is 0 Å². The molecular formula is C16H20N8O. The van der Waals surface area contributed by atoms with Crippen LogP contribution in [0.3, 0.4) is 0 Å². The average Bonchev–Trinajstić information content (AvgIpc) is 3.26. The molecule has 0 bridgehead atoms. The van der Waals surface area contributed by atoms with Gasteiger partial charge in [-0.15, -0.1) is 14.8 Å². The first kappa shape index (κ1) is 15.6. The van der Waals surface area contributed by atoms with E-state index in [2.05, 4.69) is 30.8 Å². The molecule has 1 aliphatic heterocycles. The number of hydrogen-bond donors (Lipinski definition) is 1. The number of aromatic nitrogens is 6. The molecule has 9 heteroatoms. The Morgan fingerprint density at radius 3 is 2.96 bits per heavy atom. The summed E-state index contributed by atoms with van der Waals surface area (Å²) >= 11 is 0. The highest BCUT2D eigenvalue weighted by molar-refractivity contribution is 5.92. The Morgan fingerprint density at radius 1 is 1.24 bits per heavy atom. The van der Waals surface area contributed by atoms with E-state index in [0.717, 1.165) is 37.3 Å². The summed E-state index contributed by atoms with van der Waals surface area (Å²) in [5, 5.41) is 18.7. The van der Waals surface area contributed by atoms with Gasteiger partial charge in [-0.25, -0.2) is 0 Å². The van der Waals surface area contributed by atoms with Crippen LogP contribution in [0, 0.1) is 0 Å². The van der Waals surface area contributed by atoms with Crippen molar-refractivity contribution in [3.05, 3.63) is 35.7 Å². The van der Waals surface area contributed by atoms with Gasteiger partial charge in [0, 0.05) is 26.3 Å². The minimum absolute atomic E-state index is 0.0793. The highest BCUT2D eigenvalue weighted by Gasteiger charge is 2.28. The van der Waals surface area contributed by atoms with Crippen LogP contribution in [0.2, 0.25) is 0 Å². The molecule has 0 spiro atoms. The summed E-state index contributed by atoms with van der Waals surface area (Å²) in [5.41, 5.74) is 2.39. The quantitative estimate of drug-likeness (QED) is 0.763. The van der Waals surface area contributed by atoms with E-state index in [1.807, 2.05) is 35.9 Å². The van der Waals surface area contributed by atoms with E-state index in [9.17, 15) is 4.79 Å². The summed E-state index contributed by atoms with van der Waals surface area (Å²) in [6, 6.07) is 7.89. The zero-order valence-corrected chi connectivity index (χ0v) is 14.3. The van der Waals surface area contributed by atoms with Crippen LogP contribution < -0.4 is 10.2 Å². The normalized spacial score (nSPS) is 17.8. The fourth-order valence-electron chi connectivity index (χ4n) is 3.52. The van der Waals surface area contributed by atoms with E-state index in [-0.39, 0.29) is 11.9 Å². The highest BCUT2D eigenvalue weighted by atomic mass is 16.1. The first-order valence-corrected chi connectivity index (χ1v) is 8.39. The van der Waals surface area contributed by atoms with Gasteiger partial charge in [-0.3, -0.25) is 4.79 Å². The molecule has 3 aromatic rings. The Labute approximate surface area is 144 Å². The number of rotatable bonds is 3. The lowest BCUT2D eigenvalue weighted by Gasteiger charge is -2.36. The number of piperidine rings is 1. The predicted octanol–water partition coefficient (Wildman–Crippen LogP) is 0.949. The van der Waals surface area contributed by atoms with Crippen LogP contribution in [0.4, 0.5) is 5.82 Å². The summed E-state index contributed by atoms with van der Waals surface area (Å²) in [4.78, 5) is 14.3. The van der Waals surface area contributed by atoms with Gasteiger partial charge in [0.2, 0.25) is 0 Å². The number of anilines is 1. The monoisotopic (exact) mass is 340 g/mol. The van der Waals surface area contributed by atoms with Gasteiger partial charge >= 0.3 is 0 Å². The molecule has 0 aliphatic carbocycles. The second-order valence-corrected chi connectivity index (χ2v) is 6.20. The SMILES string of the molecule is CNC(=O)c1ccc([C@@H]2CCCCN2c2ccc3nnnn3n2)n1C. The Hall–Kier alpha value is -2.97. The maximum Gasteiger partial charge on any atom is 0.267 e. The van der Waals surface area contributed by atoms with E-state index in [0.29, 0.717) is 11.3 Å². The van der Waals surface area contributed by atoms with Crippen LogP contribution in [0.15, 0.2) is 24.3 Å². The molecule has 0 saturated carbocycles. The van der Waals surface area contributed by atoms with Crippen molar-refractivity contribution in [3.8, 4) is 0 Å². The molecule has 1 amide bonds. The van der Waals surface area contributed by atoms with Crippen molar-refractivity contribution in [1.82, 2.24) is 35.1 Å². The van der Waals surface area contributed by atoms with Gasteiger partial charge in [0.15, 0.2) is 11.5 Å².